The average Bonchev–Trinajstić information content (AvgIpc) is 2.86. The van der Waals surface area contributed by atoms with Crippen molar-refractivity contribution in [1.82, 2.24) is 15.5 Å². The molecule has 2 N–H and O–H groups in total. The van der Waals surface area contributed by atoms with Crippen molar-refractivity contribution >= 4 is 5.97 Å². The van der Waals surface area contributed by atoms with E-state index >= 15 is 0 Å². The molecular formula is C8H11N3O4. The molecule has 7 nitrogen and oxygen atoms in total. The Labute approximate surface area is 85.4 Å². The molecule has 1 saturated heterocycles. The number of hydrogen-bond acceptors (Lipinski definition) is 6. The minimum Gasteiger partial charge on any atom is -0.475 e. The molecule has 0 aromatic carbocycles. The molecular weight excluding hydrogens is 202 g/mol. The van der Waals surface area contributed by atoms with E-state index in [1.165, 1.54) is 0 Å². The second-order valence-electron chi connectivity index (χ2n) is 3.32. The van der Waals surface area contributed by atoms with Crippen LogP contribution in [0.25, 0.3) is 0 Å². The summed E-state index contributed by atoms with van der Waals surface area (Å²) in [4.78, 5) is 14.3. The molecule has 0 aliphatic carbocycles. The number of ether oxygens (including phenoxy) is 1. The Kier molecular flexibility index (Phi) is 2.65. The quantitative estimate of drug-likeness (QED) is 0.718. The maximum atomic E-state index is 10.5. The fourth-order valence-electron chi connectivity index (χ4n) is 1.53. The Morgan fingerprint density at radius 1 is 1.73 bits per heavy atom. The van der Waals surface area contributed by atoms with Gasteiger partial charge < -0.3 is 19.7 Å². The molecule has 0 amide bonds. The zero-order valence-electron chi connectivity index (χ0n) is 8.14. The molecule has 2 atom stereocenters. The number of aromatic nitrogens is 2. The lowest BCUT2D eigenvalue weighted by Crippen LogP contribution is -2.16. The van der Waals surface area contributed by atoms with Gasteiger partial charge in [-0.2, -0.15) is 4.98 Å². The molecule has 0 bridgehead atoms. The van der Waals surface area contributed by atoms with Gasteiger partial charge in [0.2, 0.25) is 5.89 Å². The van der Waals surface area contributed by atoms with Crippen molar-refractivity contribution in [2.24, 2.45) is 0 Å². The number of nitrogens with zero attached hydrogens (tertiary/aromatic N) is 2. The number of carboxylic acids is 1. The van der Waals surface area contributed by atoms with E-state index in [-0.39, 0.29) is 18.0 Å². The highest BCUT2D eigenvalue weighted by Crippen LogP contribution is 2.23. The highest BCUT2D eigenvalue weighted by Gasteiger charge is 2.30. The first-order chi connectivity index (χ1) is 7.20. The van der Waals surface area contributed by atoms with Crippen LogP contribution in [0.1, 0.15) is 29.0 Å². The number of methoxy groups -OCH3 is 1. The molecule has 82 valence electrons. The van der Waals surface area contributed by atoms with Gasteiger partial charge in [0.15, 0.2) is 0 Å². The standard InChI is InChI=1S/C8H11N3O4/c1-14-4-2-5(9-3-4)7-10-6(8(12)13)11-15-7/h4-5,9H,2-3H2,1H3,(H,12,13)/t4-,5+/m0/s1. The average molecular weight is 213 g/mol. The second-order valence-corrected chi connectivity index (χ2v) is 3.32. The first-order valence-electron chi connectivity index (χ1n) is 4.53. The van der Waals surface area contributed by atoms with E-state index in [9.17, 15) is 4.79 Å². The number of nitrogens with one attached hydrogen (secondary N) is 1. The van der Waals surface area contributed by atoms with Crippen molar-refractivity contribution in [2.45, 2.75) is 18.6 Å². The van der Waals surface area contributed by atoms with Gasteiger partial charge >= 0.3 is 5.97 Å². The van der Waals surface area contributed by atoms with Gasteiger partial charge in [0, 0.05) is 13.7 Å². The Morgan fingerprint density at radius 2 is 2.53 bits per heavy atom. The molecule has 0 unspecified atom stereocenters. The van der Waals surface area contributed by atoms with Crippen LogP contribution in [-0.2, 0) is 4.74 Å². The summed E-state index contributed by atoms with van der Waals surface area (Å²) >= 11 is 0. The summed E-state index contributed by atoms with van der Waals surface area (Å²) in [5, 5.41) is 15.1. The zero-order valence-corrected chi connectivity index (χ0v) is 8.14. The first kappa shape index (κ1) is 10.1. The van der Waals surface area contributed by atoms with Crippen molar-refractivity contribution < 1.29 is 19.2 Å². The monoisotopic (exact) mass is 213 g/mol. The van der Waals surface area contributed by atoms with Crippen LogP contribution < -0.4 is 5.32 Å². The van der Waals surface area contributed by atoms with Gasteiger partial charge in [-0.1, -0.05) is 0 Å². The summed E-state index contributed by atoms with van der Waals surface area (Å²) in [6.07, 6.45) is 0.813. The highest BCUT2D eigenvalue weighted by atomic mass is 16.5. The predicted molar refractivity (Wildman–Crippen MR) is 47.4 cm³/mol. The van der Waals surface area contributed by atoms with E-state index in [1.807, 2.05) is 0 Å². The second kappa shape index (κ2) is 3.95. The maximum Gasteiger partial charge on any atom is 0.377 e. The van der Waals surface area contributed by atoms with Gasteiger partial charge in [0.25, 0.3) is 5.82 Å². The van der Waals surface area contributed by atoms with Gasteiger partial charge in [0.05, 0.1) is 12.1 Å². The number of hydrogen-bond donors (Lipinski definition) is 2. The Hall–Kier alpha value is -1.47. The summed E-state index contributed by atoms with van der Waals surface area (Å²) in [6, 6.07) is -0.115. The Morgan fingerprint density at radius 3 is 3.07 bits per heavy atom. The van der Waals surface area contributed by atoms with Crippen LogP contribution >= 0.6 is 0 Å². The van der Waals surface area contributed by atoms with Gasteiger partial charge in [-0.05, 0) is 11.6 Å². The Balaban J connectivity index is 2.07. The van der Waals surface area contributed by atoms with E-state index in [1.54, 1.807) is 7.11 Å². The molecule has 2 rings (SSSR count). The van der Waals surface area contributed by atoms with Crippen LogP contribution in [0.2, 0.25) is 0 Å². The third-order valence-corrected chi connectivity index (χ3v) is 2.35. The lowest BCUT2D eigenvalue weighted by Gasteiger charge is -2.03. The molecule has 15 heavy (non-hydrogen) atoms. The fourth-order valence-corrected chi connectivity index (χ4v) is 1.53. The van der Waals surface area contributed by atoms with Gasteiger partial charge in [-0.3, -0.25) is 0 Å². The molecule has 1 aliphatic heterocycles. The summed E-state index contributed by atoms with van der Waals surface area (Å²) in [7, 11) is 1.63. The summed E-state index contributed by atoms with van der Waals surface area (Å²) in [6.45, 7) is 0.700. The largest absolute Gasteiger partial charge is 0.475 e. The molecule has 1 fully saturated rings. The van der Waals surface area contributed by atoms with Crippen LogP contribution in [-0.4, -0.2) is 41.0 Å². The van der Waals surface area contributed by atoms with Crippen LogP contribution in [0.3, 0.4) is 0 Å². The molecule has 2 heterocycles. The smallest absolute Gasteiger partial charge is 0.377 e. The van der Waals surface area contributed by atoms with Crippen LogP contribution in [0.15, 0.2) is 4.52 Å². The predicted octanol–water partition coefficient (Wildman–Crippen LogP) is -0.183. The lowest BCUT2D eigenvalue weighted by molar-refractivity contribution is 0.0680. The van der Waals surface area contributed by atoms with Gasteiger partial charge in [0.1, 0.15) is 0 Å². The summed E-state index contributed by atoms with van der Waals surface area (Å²) in [5.74, 6) is -1.20. The van der Waals surface area contributed by atoms with E-state index < -0.39 is 5.97 Å². The molecule has 0 radical (unpaired) electrons. The van der Waals surface area contributed by atoms with Crippen LogP contribution in [0, 0.1) is 0 Å². The van der Waals surface area contributed by atoms with Crippen molar-refractivity contribution in [3.8, 4) is 0 Å². The SMILES string of the molecule is CO[C@@H]1CN[C@@H](c2nc(C(=O)O)no2)C1. The lowest BCUT2D eigenvalue weighted by atomic mass is 10.2. The van der Waals surface area contributed by atoms with Crippen LogP contribution in [0.4, 0.5) is 0 Å². The van der Waals surface area contributed by atoms with Crippen molar-refractivity contribution in [2.75, 3.05) is 13.7 Å². The number of carbonyl (C=O) groups is 1. The molecule has 7 heteroatoms. The molecule has 0 spiro atoms. The van der Waals surface area contributed by atoms with E-state index in [2.05, 4.69) is 15.5 Å². The van der Waals surface area contributed by atoms with Gasteiger partial charge in [-0.25, -0.2) is 4.79 Å². The molecule has 1 aliphatic rings. The third kappa shape index (κ3) is 1.97. The maximum absolute atomic E-state index is 10.5. The molecule has 1 aromatic rings. The molecule has 0 saturated carbocycles. The topological polar surface area (TPSA) is 97.5 Å². The van der Waals surface area contributed by atoms with E-state index in [0.29, 0.717) is 18.9 Å². The minimum absolute atomic E-state index is 0.107. The zero-order chi connectivity index (χ0) is 10.8. The van der Waals surface area contributed by atoms with E-state index in [4.69, 9.17) is 14.4 Å². The number of carboxylic acid groups (broad SMARTS) is 1. The normalized spacial score (nSPS) is 25.7. The van der Waals surface area contributed by atoms with Gasteiger partial charge in [-0.15, -0.1) is 0 Å². The summed E-state index contributed by atoms with van der Waals surface area (Å²) in [5.41, 5.74) is 0. The van der Waals surface area contributed by atoms with E-state index in [0.717, 1.165) is 0 Å². The highest BCUT2D eigenvalue weighted by molar-refractivity contribution is 5.82. The van der Waals surface area contributed by atoms with Crippen LogP contribution in [0.5, 0.6) is 0 Å². The Bertz CT molecular complexity index is 365. The van der Waals surface area contributed by atoms with Crippen molar-refractivity contribution in [3.63, 3.8) is 0 Å². The van der Waals surface area contributed by atoms with Crippen molar-refractivity contribution in [3.05, 3.63) is 11.7 Å². The molecule has 1 aromatic heterocycles. The minimum atomic E-state index is -1.19. The first-order valence-corrected chi connectivity index (χ1v) is 4.53. The number of aromatic carboxylic acids is 1. The third-order valence-electron chi connectivity index (χ3n) is 2.35. The summed E-state index contributed by atoms with van der Waals surface area (Å²) < 4.78 is 9.99. The fraction of sp³-hybridized carbons (Fsp3) is 0.625. The number of rotatable bonds is 3. The van der Waals surface area contributed by atoms with Crippen molar-refractivity contribution in [1.29, 1.82) is 0 Å².